The zero-order chi connectivity index (χ0) is 16.5. The summed E-state index contributed by atoms with van der Waals surface area (Å²) in [7, 11) is 0. The number of rotatable bonds is 3. The van der Waals surface area contributed by atoms with E-state index in [4.69, 9.17) is 4.74 Å². The molecule has 0 saturated heterocycles. The lowest BCUT2D eigenvalue weighted by molar-refractivity contribution is -0.126. The van der Waals surface area contributed by atoms with E-state index in [1.54, 1.807) is 0 Å². The quantitative estimate of drug-likeness (QED) is 0.912. The molecule has 2 aromatic rings. The third-order valence-corrected chi connectivity index (χ3v) is 4.98. The molecule has 2 aromatic carbocycles. The number of carbonyl (C=O) groups is 1. The summed E-state index contributed by atoms with van der Waals surface area (Å²) in [6.45, 7) is 0.643. The number of nitrogens with one attached hydrogen (secondary N) is 1. The Morgan fingerprint density at radius 2 is 1.79 bits per heavy atom. The summed E-state index contributed by atoms with van der Waals surface area (Å²) >= 11 is 0. The molecule has 1 heterocycles. The van der Waals surface area contributed by atoms with Crippen LogP contribution in [0.1, 0.15) is 40.8 Å². The first kappa shape index (κ1) is 15.4. The first-order valence-corrected chi connectivity index (χ1v) is 8.47. The monoisotopic (exact) mass is 323 g/mol. The second kappa shape index (κ2) is 6.38. The normalized spacial score (nSPS) is 25.0. The maximum absolute atomic E-state index is 12.5. The van der Waals surface area contributed by atoms with Gasteiger partial charge in [0.25, 0.3) is 0 Å². The highest BCUT2D eigenvalue weighted by Crippen LogP contribution is 2.33. The molecule has 0 fully saturated rings. The van der Waals surface area contributed by atoms with Gasteiger partial charge in [-0.15, -0.1) is 0 Å². The van der Waals surface area contributed by atoms with Gasteiger partial charge in [0.1, 0.15) is 0 Å². The first-order valence-electron chi connectivity index (χ1n) is 8.47. The molecule has 0 spiro atoms. The van der Waals surface area contributed by atoms with Gasteiger partial charge in [-0.3, -0.25) is 4.79 Å². The molecular formula is C20H21NO3. The summed E-state index contributed by atoms with van der Waals surface area (Å²) in [4.78, 5) is 12.5. The standard InChI is InChI=1S/C20H21NO3/c22-17-11-14-6-2-4-8-16(14)20(17)21-19(23)12-18-15-7-3-1-5-13(15)9-10-24-18/h1-8,17-18,20,22H,9-12H2,(H,21,23)/t17-,18+,20+/m1/s1. The number of benzene rings is 2. The first-order chi connectivity index (χ1) is 11.7. The minimum absolute atomic E-state index is 0.0857. The molecule has 0 unspecified atom stereocenters. The lowest BCUT2D eigenvalue weighted by atomic mass is 9.95. The Morgan fingerprint density at radius 3 is 2.62 bits per heavy atom. The molecule has 2 N–H and O–H groups in total. The molecule has 0 bridgehead atoms. The summed E-state index contributed by atoms with van der Waals surface area (Å²) in [6.07, 6.45) is 0.990. The van der Waals surface area contributed by atoms with Gasteiger partial charge in [-0.05, 0) is 28.7 Å². The Bertz CT molecular complexity index is 758. The predicted octanol–water partition coefficient (Wildman–Crippen LogP) is 2.47. The van der Waals surface area contributed by atoms with Gasteiger partial charge in [-0.1, -0.05) is 48.5 Å². The zero-order valence-electron chi connectivity index (χ0n) is 13.4. The maximum atomic E-state index is 12.5. The van der Waals surface area contributed by atoms with E-state index >= 15 is 0 Å². The average molecular weight is 323 g/mol. The van der Waals surface area contributed by atoms with E-state index in [0.717, 1.165) is 23.1 Å². The molecule has 24 heavy (non-hydrogen) atoms. The molecule has 0 aromatic heterocycles. The van der Waals surface area contributed by atoms with Crippen LogP contribution >= 0.6 is 0 Å². The van der Waals surface area contributed by atoms with Crippen LogP contribution in [0.3, 0.4) is 0 Å². The van der Waals surface area contributed by atoms with Crippen molar-refractivity contribution in [2.24, 2.45) is 0 Å². The van der Waals surface area contributed by atoms with Crippen molar-refractivity contribution in [3.8, 4) is 0 Å². The number of aliphatic hydroxyl groups excluding tert-OH is 1. The number of amides is 1. The van der Waals surface area contributed by atoms with Crippen molar-refractivity contribution in [2.75, 3.05) is 6.61 Å². The fourth-order valence-electron chi connectivity index (χ4n) is 3.79. The number of hydrogen-bond acceptors (Lipinski definition) is 3. The molecule has 4 rings (SSSR count). The van der Waals surface area contributed by atoms with Crippen molar-refractivity contribution in [3.05, 3.63) is 70.8 Å². The SMILES string of the molecule is O=C(C[C@@H]1OCCc2ccccc21)N[C@H]1c2ccccc2C[C@H]1O. The molecule has 0 saturated carbocycles. The van der Waals surface area contributed by atoms with Crippen LogP contribution in [0.4, 0.5) is 0 Å². The van der Waals surface area contributed by atoms with E-state index in [9.17, 15) is 9.90 Å². The van der Waals surface area contributed by atoms with Gasteiger partial charge < -0.3 is 15.2 Å². The fraction of sp³-hybridized carbons (Fsp3) is 0.350. The lowest BCUT2D eigenvalue weighted by Crippen LogP contribution is -2.35. The Kier molecular flexibility index (Phi) is 4.08. The van der Waals surface area contributed by atoms with Crippen molar-refractivity contribution in [1.29, 1.82) is 0 Å². The summed E-state index contributed by atoms with van der Waals surface area (Å²) < 4.78 is 5.81. The molecule has 2 aliphatic rings. The average Bonchev–Trinajstić information content (AvgIpc) is 2.91. The second-order valence-electron chi connectivity index (χ2n) is 6.53. The minimum atomic E-state index is -0.564. The predicted molar refractivity (Wildman–Crippen MR) is 90.5 cm³/mol. The van der Waals surface area contributed by atoms with E-state index in [1.165, 1.54) is 5.56 Å². The third kappa shape index (κ3) is 2.83. The Labute approximate surface area is 141 Å². The summed E-state index contributed by atoms with van der Waals surface area (Å²) in [5, 5.41) is 13.3. The van der Waals surface area contributed by atoms with Crippen LogP contribution in [-0.2, 0) is 22.4 Å². The summed E-state index contributed by atoms with van der Waals surface area (Å²) in [5.41, 5.74) is 4.48. The van der Waals surface area contributed by atoms with Crippen molar-refractivity contribution in [2.45, 2.75) is 37.5 Å². The summed E-state index contributed by atoms with van der Waals surface area (Å²) in [5.74, 6) is -0.0857. The van der Waals surface area contributed by atoms with E-state index in [2.05, 4.69) is 11.4 Å². The molecule has 1 amide bonds. The Morgan fingerprint density at radius 1 is 1.08 bits per heavy atom. The van der Waals surface area contributed by atoms with Gasteiger partial charge >= 0.3 is 0 Å². The largest absolute Gasteiger partial charge is 0.390 e. The van der Waals surface area contributed by atoms with Crippen molar-refractivity contribution < 1.29 is 14.6 Å². The van der Waals surface area contributed by atoms with Crippen molar-refractivity contribution in [3.63, 3.8) is 0 Å². The highest BCUT2D eigenvalue weighted by molar-refractivity contribution is 5.77. The highest BCUT2D eigenvalue weighted by atomic mass is 16.5. The molecular weight excluding hydrogens is 302 g/mol. The van der Waals surface area contributed by atoms with E-state index < -0.39 is 6.10 Å². The van der Waals surface area contributed by atoms with Crippen LogP contribution in [0.5, 0.6) is 0 Å². The van der Waals surface area contributed by atoms with Gasteiger partial charge in [0.2, 0.25) is 5.91 Å². The van der Waals surface area contributed by atoms with E-state index in [-0.39, 0.29) is 24.5 Å². The van der Waals surface area contributed by atoms with Gasteiger partial charge in [-0.2, -0.15) is 0 Å². The lowest BCUT2D eigenvalue weighted by Gasteiger charge is -2.26. The maximum Gasteiger partial charge on any atom is 0.223 e. The number of hydrogen-bond donors (Lipinski definition) is 2. The Hall–Kier alpha value is -2.17. The third-order valence-electron chi connectivity index (χ3n) is 4.98. The number of fused-ring (bicyclic) bond motifs is 2. The number of aliphatic hydroxyl groups is 1. The molecule has 4 nitrogen and oxygen atoms in total. The van der Waals surface area contributed by atoms with Gasteiger partial charge in [0.15, 0.2) is 0 Å². The fourth-order valence-corrected chi connectivity index (χ4v) is 3.79. The van der Waals surface area contributed by atoms with Crippen LogP contribution in [0, 0.1) is 0 Å². The van der Waals surface area contributed by atoms with Crippen LogP contribution < -0.4 is 5.32 Å². The summed E-state index contributed by atoms with van der Waals surface area (Å²) in [6, 6.07) is 15.7. The molecule has 1 aliphatic carbocycles. The van der Waals surface area contributed by atoms with Crippen LogP contribution in [-0.4, -0.2) is 23.7 Å². The second-order valence-corrected chi connectivity index (χ2v) is 6.53. The molecule has 3 atom stereocenters. The van der Waals surface area contributed by atoms with Crippen LogP contribution in [0.2, 0.25) is 0 Å². The van der Waals surface area contributed by atoms with Crippen molar-refractivity contribution >= 4 is 5.91 Å². The smallest absolute Gasteiger partial charge is 0.223 e. The number of carbonyl (C=O) groups excluding carboxylic acids is 1. The van der Waals surface area contributed by atoms with Crippen LogP contribution in [0.25, 0.3) is 0 Å². The van der Waals surface area contributed by atoms with E-state index in [0.29, 0.717) is 13.0 Å². The number of ether oxygens (including phenoxy) is 1. The molecule has 0 radical (unpaired) electrons. The van der Waals surface area contributed by atoms with Gasteiger partial charge in [-0.25, -0.2) is 0 Å². The molecule has 4 heteroatoms. The van der Waals surface area contributed by atoms with Gasteiger partial charge in [0, 0.05) is 6.42 Å². The molecule has 1 aliphatic heterocycles. The highest BCUT2D eigenvalue weighted by Gasteiger charge is 2.32. The topological polar surface area (TPSA) is 58.6 Å². The zero-order valence-corrected chi connectivity index (χ0v) is 13.4. The van der Waals surface area contributed by atoms with Crippen LogP contribution in [0.15, 0.2) is 48.5 Å². The Balaban J connectivity index is 1.47. The molecule has 124 valence electrons. The van der Waals surface area contributed by atoms with Gasteiger partial charge in [0.05, 0.1) is 31.3 Å². The minimum Gasteiger partial charge on any atom is -0.390 e. The van der Waals surface area contributed by atoms with Crippen molar-refractivity contribution in [1.82, 2.24) is 5.32 Å². The van der Waals surface area contributed by atoms with E-state index in [1.807, 2.05) is 42.5 Å².